The molecule has 4 fully saturated rings. The average molecular weight is 371 g/mol. The molecule has 4 bridgehead atoms. The van der Waals surface area contributed by atoms with Crippen LogP contribution < -0.4 is 10.6 Å². The van der Waals surface area contributed by atoms with Crippen LogP contribution in [-0.2, 0) is 9.59 Å². The molecular formula is C20H25N3O4. The van der Waals surface area contributed by atoms with Gasteiger partial charge in [0.25, 0.3) is 5.69 Å². The highest BCUT2D eigenvalue weighted by molar-refractivity contribution is 5.97. The van der Waals surface area contributed by atoms with Gasteiger partial charge in [0.2, 0.25) is 11.8 Å². The number of nitro groups is 1. The largest absolute Gasteiger partial charge is 0.351 e. The van der Waals surface area contributed by atoms with Crippen LogP contribution in [0.2, 0.25) is 0 Å². The van der Waals surface area contributed by atoms with E-state index in [4.69, 9.17) is 0 Å². The monoisotopic (exact) mass is 371 g/mol. The van der Waals surface area contributed by atoms with Gasteiger partial charge in [0.1, 0.15) is 0 Å². The van der Waals surface area contributed by atoms with Gasteiger partial charge in [-0.25, -0.2) is 0 Å². The molecule has 2 amide bonds. The number of anilines is 1. The van der Waals surface area contributed by atoms with Gasteiger partial charge >= 0.3 is 0 Å². The third kappa shape index (κ3) is 2.99. The molecule has 0 aliphatic heterocycles. The molecular weight excluding hydrogens is 346 g/mol. The number of carbonyl (C=O) groups is 2. The van der Waals surface area contributed by atoms with Crippen molar-refractivity contribution in [3.63, 3.8) is 0 Å². The second kappa shape index (κ2) is 6.04. The molecule has 0 heterocycles. The Balaban J connectivity index is 1.62. The molecule has 1 aromatic rings. The first-order valence-electron chi connectivity index (χ1n) is 9.56. The molecule has 144 valence electrons. The molecule has 4 atom stereocenters. The van der Waals surface area contributed by atoms with E-state index in [-0.39, 0.29) is 23.0 Å². The van der Waals surface area contributed by atoms with Gasteiger partial charge in [-0.15, -0.1) is 0 Å². The molecule has 4 aliphatic rings. The minimum atomic E-state index is -0.496. The molecule has 27 heavy (non-hydrogen) atoms. The normalized spacial score (nSPS) is 33.6. The minimum Gasteiger partial charge on any atom is -0.351 e. The fraction of sp³-hybridized carbons (Fsp3) is 0.600. The van der Waals surface area contributed by atoms with Crippen molar-refractivity contribution in [2.45, 2.75) is 57.9 Å². The maximum atomic E-state index is 13.3. The molecule has 0 spiro atoms. The highest BCUT2D eigenvalue weighted by Gasteiger charge is 2.60. The third-order valence-electron chi connectivity index (χ3n) is 6.73. The summed E-state index contributed by atoms with van der Waals surface area (Å²) in [5.41, 5.74) is 0.206. The number of nitro benzene ring substituents is 1. The first kappa shape index (κ1) is 17.9. The van der Waals surface area contributed by atoms with Crippen LogP contribution in [0, 0.1) is 34.3 Å². The molecule has 0 radical (unpaired) electrons. The second-order valence-electron chi connectivity index (χ2n) is 8.86. The van der Waals surface area contributed by atoms with Crippen LogP contribution in [0.25, 0.3) is 0 Å². The summed E-state index contributed by atoms with van der Waals surface area (Å²) in [6.07, 6.45) is 5.37. The Morgan fingerprint density at radius 2 is 1.85 bits per heavy atom. The van der Waals surface area contributed by atoms with Crippen molar-refractivity contribution < 1.29 is 14.5 Å². The summed E-state index contributed by atoms with van der Waals surface area (Å²) in [6, 6.07) is 4.76. The van der Waals surface area contributed by atoms with Crippen LogP contribution in [0.3, 0.4) is 0 Å². The fourth-order valence-corrected chi connectivity index (χ4v) is 6.26. The topological polar surface area (TPSA) is 101 Å². The Morgan fingerprint density at radius 3 is 2.44 bits per heavy atom. The van der Waals surface area contributed by atoms with Gasteiger partial charge in [0.15, 0.2) is 0 Å². The number of carbonyl (C=O) groups excluding carboxylic acids is 2. The summed E-state index contributed by atoms with van der Waals surface area (Å²) in [5.74, 6) is 0.807. The number of rotatable bonds is 4. The van der Waals surface area contributed by atoms with Crippen LogP contribution in [0.5, 0.6) is 0 Å². The van der Waals surface area contributed by atoms with Gasteiger partial charge in [0, 0.05) is 18.5 Å². The highest BCUT2D eigenvalue weighted by atomic mass is 16.6. The van der Waals surface area contributed by atoms with E-state index >= 15 is 0 Å². The zero-order valence-corrected chi connectivity index (χ0v) is 15.7. The Morgan fingerprint density at radius 1 is 1.19 bits per heavy atom. The van der Waals surface area contributed by atoms with Crippen molar-refractivity contribution in [3.8, 4) is 0 Å². The lowest BCUT2D eigenvalue weighted by Gasteiger charge is -2.61. The number of hydrogen-bond donors (Lipinski definition) is 2. The van der Waals surface area contributed by atoms with Gasteiger partial charge in [-0.2, -0.15) is 0 Å². The fourth-order valence-electron chi connectivity index (χ4n) is 6.26. The van der Waals surface area contributed by atoms with Crippen LogP contribution in [0.15, 0.2) is 18.2 Å². The number of amides is 2. The molecule has 0 saturated heterocycles. The van der Waals surface area contributed by atoms with E-state index < -0.39 is 10.3 Å². The summed E-state index contributed by atoms with van der Waals surface area (Å²) < 4.78 is 0. The molecule has 4 aliphatic carbocycles. The van der Waals surface area contributed by atoms with Gasteiger partial charge < -0.3 is 10.6 Å². The number of nitrogens with zero attached hydrogens (tertiary/aromatic N) is 1. The molecule has 7 nitrogen and oxygen atoms in total. The lowest BCUT2D eigenvalue weighted by Crippen LogP contribution is -2.65. The van der Waals surface area contributed by atoms with E-state index in [1.54, 1.807) is 19.1 Å². The standard InChI is InChI=1S/C20H25N3O4/c1-12-16(4-3-5-17(12)23(26)27)21-18(25)19-7-14-6-15(8-19)10-20(9-14,11-19)22-13(2)24/h3-5,14-15H,6-11H2,1-2H3,(H,21,25)(H,22,24)/t14-,15+,19?,20?. The average Bonchev–Trinajstić information content (AvgIpc) is 2.53. The van der Waals surface area contributed by atoms with E-state index in [1.165, 1.54) is 13.0 Å². The lowest BCUT2D eigenvalue weighted by molar-refractivity contribution is -0.385. The van der Waals surface area contributed by atoms with E-state index in [9.17, 15) is 19.7 Å². The van der Waals surface area contributed by atoms with Gasteiger partial charge in [-0.1, -0.05) is 6.07 Å². The van der Waals surface area contributed by atoms with Crippen LogP contribution in [0.1, 0.15) is 51.0 Å². The summed E-state index contributed by atoms with van der Waals surface area (Å²) >= 11 is 0. The Labute approximate surface area is 158 Å². The third-order valence-corrected chi connectivity index (χ3v) is 6.73. The quantitative estimate of drug-likeness (QED) is 0.626. The Hall–Kier alpha value is -2.44. The summed E-state index contributed by atoms with van der Waals surface area (Å²) in [7, 11) is 0. The van der Waals surface area contributed by atoms with Crippen molar-refractivity contribution >= 4 is 23.2 Å². The van der Waals surface area contributed by atoms with Crippen LogP contribution in [-0.4, -0.2) is 22.3 Å². The zero-order valence-electron chi connectivity index (χ0n) is 15.7. The Kier molecular flexibility index (Phi) is 4.01. The van der Waals surface area contributed by atoms with Crippen molar-refractivity contribution in [1.29, 1.82) is 0 Å². The maximum absolute atomic E-state index is 13.3. The molecule has 1 aromatic carbocycles. The predicted octanol–water partition coefficient (Wildman–Crippen LogP) is 3.32. The van der Waals surface area contributed by atoms with E-state index in [0.29, 0.717) is 29.5 Å². The van der Waals surface area contributed by atoms with Crippen LogP contribution in [0.4, 0.5) is 11.4 Å². The summed E-state index contributed by atoms with van der Waals surface area (Å²) in [6.45, 7) is 3.20. The molecule has 7 heteroatoms. The minimum absolute atomic E-state index is 0.00743. The Bertz CT molecular complexity index is 821. The lowest BCUT2D eigenvalue weighted by atomic mass is 9.46. The first-order chi connectivity index (χ1) is 12.7. The van der Waals surface area contributed by atoms with E-state index in [2.05, 4.69) is 10.6 Å². The van der Waals surface area contributed by atoms with E-state index in [1.807, 2.05) is 0 Å². The number of hydrogen-bond acceptors (Lipinski definition) is 4. The summed E-state index contributed by atoms with van der Waals surface area (Å²) in [4.78, 5) is 35.8. The molecule has 4 saturated carbocycles. The maximum Gasteiger partial charge on any atom is 0.274 e. The van der Waals surface area contributed by atoms with E-state index in [0.717, 1.165) is 32.1 Å². The van der Waals surface area contributed by atoms with Crippen molar-refractivity contribution in [2.24, 2.45) is 17.3 Å². The second-order valence-corrected chi connectivity index (χ2v) is 8.86. The molecule has 2 N–H and O–H groups in total. The predicted molar refractivity (Wildman–Crippen MR) is 100 cm³/mol. The van der Waals surface area contributed by atoms with Crippen molar-refractivity contribution in [1.82, 2.24) is 5.32 Å². The first-order valence-corrected chi connectivity index (χ1v) is 9.56. The highest BCUT2D eigenvalue weighted by Crippen LogP contribution is 2.62. The number of nitrogens with one attached hydrogen (secondary N) is 2. The van der Waals surface area contributed by atoms with Crippen LogP contribution >= 0.6 is 0 Å². The van der Waals surface area contributed by atoms with Gasteiger partial charge in [0.05, 0.1) is 21.6 Å². The molecule has 2 unspecified atom stereocenters. The van der Waals surface area contributed by atoms with Crippen molar-refractivity contribution in [2.75, 3.05) is 5.32 Å². The molecule has 0 aromatic heterocycles. The van der Waals surface area contributed by atoms with Gasteiger partial charge in [-0.05, 0) is 63.4 Å². The number of benzene rings is 1. The zero-order chi connectivity index (χ0) is 19.4. The summed E-state index contributed by atoms with van der Waals surface area (Å²) in [5, 5.41) is 17.3. The van der Waals surface area contributed by atoms with Gasteiger partial charge in [-0.3, -0.25) is 19.7 Å². The van der Waals surface area contributed by atoms with Crippen molar-refractivity contribution in [3.05, 3.63) is 33.9 Å². The SMILES string of the molecule is CC(=O)NC12C[C@H]3C[C@@H](C1)CC(C(=O)Nc1cccc([N+](=O)[O-])c1C)(C3)C2. The smallest absolute Gasteiger partial charge is 0.274 e. The molecule has 5 rings (SSSR count).